The van der Waals surface area contributed by atoms with Crippen LogP contribution >= 0.6 is 0 Å². The van der Waals surface area contributed by atoms with E-state index in [9.17, 15) is 9.59 Å². The first-order chi connectivity index (χ1) is 13.7. The Morgan fingerprint density at radius 1 is 1.11 bits per heavy atom. The maximum atomic E-state index is 12.9. The van der Waals surface area contributed by atoms with Crippen LogP contribution in [0.2, 0.25) is 0 Å². The zero-order chi connectivity index (χ0) is 19.5. The highest BCUT2D eigenvalue weighted by Crippen LogP contribution is 2.31. The summed E-state index contributed by atoms with van der Waals surface area (Å²) in [6.07, 6.45) is 11.1. The molecule has 2 atom stereocenters. The maximum absolute atomic E-state index is 12.9. The number of hydrogen-bond acceptors (Lipinski definition) is 3. The standard InChI is InChI=1S/C23H32N2O3/c1-2-22(26)25-14-13-16-15-17(11-12-20(16)25)23(27)24-19-9-5-6-10-21(19)28-18-7-3-4-8-18/h11-12,15,18-19,21H,2-10,13-14H2,1H3,(H,24,27)/t19-,21+/m0/s1. The number of carbonyl (C=O) groups is 2. The minimum atomic E-state index is -0.0185. The fourth-order valence-electron chi connectivity index (χ4n) is 4.94. The number of amides is 2. The van der Waals surface area contributed by atoms with Gasteiger partial charge in [0, 0.05) is 24.2 Å². The molecule has 2 fully saturated rings. The predicted octanol–water partition coefficient (Wildman–Crippen LogP) is 3.99. The van der Waals surface area contributed by atoms with E-state index in [0.717, 1.165) is 49.8 Å². The second-order valence-corrected chi connectivity index (χ2v) is 8.44. The van der Waals surface area contributed by atoms with Gasteiger partial charge in [-0.1, -0.05) is 32.6 Å². The van der Waals surface area contributed by atoms with Gasteiger partial charge < -0.3 is 15.0 Å². The van der Waals surface area contributed by atoms with Gasteiger partial charge in [-0.05, 0) is 55.9 Å². The number of benzene rings is 1. The Labute approximate surface area is 167 Å². The molecule has 3 aliphatic rings. The molecule has 0 aromatic heterocycles. The first kappa shape index (κ1) is 19.4. The summed E-state index contributed by atoms with van der Waals surface area (Å²) in [6, 6.07) is 5.85. The van der Waals surface area contributed by atoms with Crippen LogP contribution in [-0.2, 0) is 16.0 Å². The molecule has 28 heavy (non-hydrogen) atoms. The molecule has 4 rings (SSSR count). The third-order valence-corrected chi connectivity index (χ3v) is 6.53. The van der Waals surface area contributed by atoms with Gasteiger partial charge in [0.25, 0.3) is 5.91 Å². The minimum Gasteiger partial charge on any atom is -0.373 e. The average Bonchev–Trinajstić information content (AvgIpc) is 3.38. The quantitative estimate of drug-likeness (QED) is 0.835. The Bertz CT molecular complexity index is 727. The van der Waals surface area contributed by atoms with Crippen molar-refractivity contribution in [2.75, 3.05) is 11.4 Å². The average molecular weight is 385 g/mol. The van der Waals surface area contributed by atoms with E-state index >= 15 is 0 Å². The van der Waals surface area contributed by atoms with E-state index in [1.54, 1.807) is 0 Å². The van der Waals surface area contributed by atoms with Gasteiger partial charge in [0.2, 0.25) is 5.91 Å². The van der Waals surface area contributed by atoms with Gasteiger partial charge in [0.15, 0.2) is 0 Å². The first-order valence-corrected chi connectivity index (χ1v) is 11.1. The van der Waals surface area contributed by atoms with Crippen LogP contribution in [0.25, 0.3) is 0 Å². The van der Waals surface area contributed by atoms with Gasteiger partial charge in [0.05, 0.1) is 18.2 Å². The number of rotatable bonds is 5. The highest BCUT2D eigenvalue weighted by molar-refractivity contribution is 5.98. The Kier molecular flexibility index (Phi) is 6.00. The van der Waals surface area contributed by atoms with Gasteiger partial charge in [0.1, 0.15) is 0 Å². The van der Waals surface area contributed by atoms with Gasteiger partial charge in [-0.3, -0.25) is 9.59 Å². The molecule has 152 valence electrons. The molecule has 1 aromatic carbocycles. The van der Waals surface area contributed by atoms with E-state index in [2.05, 4.69) is 5.32 Å². The van der Waals surface area contributed by atoms with E-state index < -0.39 is 0 Å². The second kappa shape index (κ2) is 8.64. The molecule has 2 aliphatic carbocycles. The molecular formula is C23H32N2O3. The highest BCUT2D eigenvalue weighted by atomic mass is 16.5. The summed E-state index contributed by atoms with van der Waals surface area (Å²) in [4.78, 5) is 26.8. The summed E-state index contributed by atoms with van der Waals surface area (Å²) in [5.41, 5.74) is 2.75. The van der Waals surface area contributed by atoms with Crippen LogP contribution in [0, 0.1) is 0 Å². The van der Waals surface area contributed by atoms with Crippen molar-refractivity contribution in [3.63, 3.8) is 0 Å². The molecule has 1 N–H and O–H groups in total. The summed E-state index contributed by atoms with van der Waals surface area (Å²) in [6.45, 7) is 2.60. The number of anilines is 1. The molecule has 0 spiro atoms. The zero-order valence-corrected chi connectivity index (χ0v) is 16.9. The Hall–Kier alpha value is -1.88. The Morgan fingerprint density at radius 2 is 1.86 bits per heavy atom. The molecule has 2 amide bonds. The van der Waals surface area contributed by atoms with Crippen molar-refractivity contribution in [3.05, 3.63) is 29.3 Å². The fourth-order valence-corrected chi connectivity index (χ4v) is 4.94. The number of nitrogens with zero attached hydrogens (tertiary/aromatic N) is 1. The van der Waals surface area contributed by atoms with E-state index in [0.29, 0.717) is 24.6 Å². The monoisotopic (exact) mass is 384 g/mol. The summed E-state index contributed by atoms with van der Waals surface area (Å²) < 4.78 is 6.37. The maximum Gasteiger partial charge on any atom is 0.251 e. The van der Waals surface area contributed by atoms with Crippen LogP contribution in [-0.4, -0.2) is 36.6 Å². The van der Waals surface area contributed by atoms with Gasteiger partial charge in [-0.2, -0.15) is 0 Å². The van der Waals surface area contributed by atoms with Crippen LogP contribution in [0.1, 0.15) is 80.6 Å². The van der Waals surface area contributed by atoms with Crippen LogP contribution in [0.4, 0.5) is 5.69 Å². The molecule has 5 nitrogen and oxygen atoms in total. The van der Waals surface area contributed by atoms with Crippen molar-refractivity contribution in [3.8, 4) is 0 Å². The lowest BCUT2D eigenvalue weighted by Crippen LogP contribution is -2.47. The minimum absolute atomic E-state index is 0.0185. The summed E-state index contributed by atoms with van der Waals surface area (Å²) in [5, 5.41) is 3.25. The highest BCUT2D eigenvalue weighted by Gasteiger charge is 2.31. The molecular weight excluding hydrogens is 352 g/mol. The smallest absolute Gasteiger partial charge is 0.251 e. The van der Waals surface area contributed by atoms with Crippen molar-refractivity contribution in [1.29, 1.82) is 0 Å². The topological polar surface area (TPSA) is 58.6 Å². The lowest BCUT2D eigenvalue weighted by molar-refractivity contribution is -0.118. The number of nitrogens with one attached hydrogen (secondary N) is 1. The molecule has 1 heterocycles. The second-order valence-electron chi connectivity index (χ2n) is 8.44. The van der Waals surface area contributed by atoms with E-state index in [1.807, 2.05) is 30.0 Å². The predicted molar refractivity (Wildman–Crippen MR) is 110 cm³/mol. The molecule has 0 unspecified atom stereocenters. The molecule has 0 radical (unpaired) electrons. The molecule has 5 heteroatoms. The van der Waals surface area contributed by atoms with Crippen molar-refractivity contribution < 1.29 is 14.3 Å². The van der Waals surface area contributed by atoms with E-state index in [-0.39, 0.29) is 24.0 Å². The van der Waals surface area contributed by atoms with Gasteiger partial charge >= 0.3 is 0 Å². The van der Waals surface area contributed by atoms with Crippen molar-refractivity contribution in [2.24, 2.45) is 0 Å². The largest absolute Gasteiger partial charge is 0.373 e. The van der Waals surface area contributed by atoms with Crippen LogP contribution < -0.4 is 10.2 Å². The van der Waals surface area contributed by atoms with Crippen molar-refractivity contribution in [1.82, 2.24) is 5.32 Å². The summed E-state index contributed by atoms with van der Waals surface area (Å²) >= 11 is 0. The van der Waals surface area contributed by atoms with Crippen LogP contribution in [0.3, 0.4) is 0 Å². The number of carbonyl (C=O) groups excluding carboxylic acids is 2. The number of ether oxygens (including phenoxy) is 1. The summed E-state index contributed by atoms with van der Waals surface area (Å²) in [5.74, 6) is 0.125. The SMILES string of the molecule is CCC(=O)N1CCc2cc(C(=O)N[C@H]3CCCC[C@H]3OC3CCCC3)ccc21. The normalized spacial score (nSPS) is 25.0. The zero-order valence-electron chi connectivity index (χ0n) is 16.9. The molecule has 1 aliphatic heterocycles. The van der Waals surface area contributed by atoms with E-state index in [4.69, 9.17) is 4.74 Å². The van der Waals surface area contributed by atoms with Gasteiger partial charge in [-0.25, -0.2) is 0 Å². The Balaban J connectivity index is 1.42. The van der Waals surface area contributed by atoms with Crippen molar-refractivity contribution >= 4 is 17.5 Å². The fraction of sp³-hybridized carbons (Fsp3) is 0.652. The number of hydrogen-bond donors (Lipinski definition) is 1. The molecule has 0 saturated heterocycles. The lowest BCUT2D eigenvalue weighted by Gasteiger charge is -2.34. The third kappa shape index (κ3) is 4.09. The third-order valence-electron chi connectivity index (χ3n) is 6.53. The Morgan fingerprint density at radius 3 is 2.64 bits per heavy atom. The summed E-state index contributed by atoms with van der Waals surface area (Å²) in [7, 11) is 0. The first-order valence-electron chi connectivity index (χ1n) is 11.1. The van der Waals surface area contributed by atoms with Gasteiger partial charge in [-0.15, -0.1) is 0 Å². The van der Waals surface area contributed by atoms with E-state index in [1.165, 1.54) is 19.3 Å². The molecule has 1 aromatic rings. The lowest BCUT2D eigenvalue weighted by atomic mass is 9.91. The van der Waals surface area contributed by atoms with Crippen LogP contribution in [0.5, 0.6) is 0 Å². The van der Waals surface area contributed by atoms with Crippen LogP contribution in [0.15, 0.2) is 18.2 Å². The molecule has 2 saturated carbocycles. The van der Waals surface area contributed by atoms with Crippen molar-refractivity contribution in [2.45, 2.75) is 89.4 Å². The number of fused-ring (bicyclic) bond motifs is 1. The molecule has 0 bridgehead atoms.